The van der Waals surface area contributed by atoms with Gasteiger partial charge in [0.1, 0.15) is 11.5 Å². The lowest BCUT2D eigenvalue weighted by molar-refractivity contribution is 0.488. The molecule has 6 nitrogen and oxygen atoms in total. The largest absolute Gasteiger partial charge is 0.458 e. The molecule has 6 heterocycles. The fourth-order valence-corrected chi connectivity index (χ4v) is 17.2. The average Bonchev–Trinajstić information content (AvgIpc) is 0.695. The first-order valence-corrected chi connectivity index (χ1v) is 32.3. The summed E-state index contributed by atoms with van der Waals surface area (Å²) < 4.78 is 7.48. The number of nitrogens with zero attached hydrogens (tertiary/aromatic N) is 5. The molecule has 0 atom stereocenters. The first kappa shape index (κ1) is 50.9. The normalized spacial score (nSPS) is 13.9. The van der Waals surface area contributed by atoms with Gasteiger partial charge in [0.25, 0.3) is 20.1 Å². The van der Waals surface area contributed by atoms with Crippen molar-refractivity contribution in [3.63, 3.8) is 0 Å². The Kier molecular flexibility index (Phi) is 10.6. The standard InChI is InChI=1S/C84H52B3N5O/c1-6-25-53(26-7-1)88-70-38-19-16-35-64(70)85-67-47-58-60-49-69-81(93-80-46-24-45-77-84(80)87(69)66-37-18-21-40-72(66)90(77)55-29-10-3-11-30-55)52-63(60)59-48-68-79(51-62(59)61(58)50-78(67)91(56-31-12-4-13-32-56)75-43-22-41-73(88)82(75)85)92(57-33-14-5-15-34-57)76-44-23-42-74-83(76)86(68)65-36-17-20-39-71(65)89(74)54-27-8-2-9-28-54/h1-52H. The van der Waals surface area contributed by atoms with E-state index in [0.29, 0.717) is 0 Å². The van der Waals surface area contributed by atoms with Crippen molar-refractivity contribution >= 4 is 187 Å². The Hall–Kier alpha value is -11.9. The molecule has 0 saturated heterocycles. The highest BCUT2D eigenvalue weighted by atomic mass is 16.5. The van der Waals surface area contributed by atoms with E-state index in [4.69, 9.17) is 4.74 Å². The van der Waals surface area contributed by atoms with Crippen molar-refractivity contribution < 1.29 is 4.74 Å². The fourth-order valence-electron chi connectivity index (χ4n) is 17.2. The van der Waals surface area contributed by atoms with E-state index in [2.05, 4.69) is 340 Å². The van der Waals surface area contributed by atoms with Crippen LogP contribution in [-0.2, 0) is 0 Å². The predicted octanol–water partition coefficient (Wildman–Crippen LogP) is 15.7. The van der Waals surface area contributed by atoms with E-state index in [9.17, 15) is 0 Å². The summed E-state index contributed by atoms with van der Waals surface area (Å²) in [5, 5.41) is 7.12. The summed E-state index contributed by atoms with van der Waals surface area (Å²) >= 11 is 0. The topological polar surface area (TPSA) is 25.4 Å². The minimum absolute atomic E-state index is 0.0902. The Morgan fingerprint density at radius 1 is 0.183 bits per heavy atom. The van der Waals surface area contributed by atoms with Gasteiger partial charge in [-0.3, -0.25) is 0 Å². The van der Waals surface area contributed by atoms with Crippen LogP contribution in [0.4, 0.5) is 85.3 Å². The first-order chi connectivity index (χ1) is 46.2. The van der Waals surface area contributed by atoms with E-state index in [0.717, 1.165) is 56.5 Å². The molecule has 428 valence electrons. The van der Waals surface area contributed by atoms with Crippen LogP contribution in [0, 0.1) is 0 Å². The second kappa shape index (κ2) is 19.3. The van der Waals surface area contributed by atoms with Crippen LogP contribution < -0.4 is 78.4 Å². The lowest BCUT2D eigenvalue weighted by Crippen LogP contribution is -2.61. The fraction of sp³-hybridized carbons (Fsp3) is 0. The number of hydrogen-bond acceptors (Lipinski definition) is 6. The Bertz CT molecular complexity index is 5680. The highest BCUT2D eigenvalue weighted by Gasteiger charge is 2.47. The van der Waals surface area contributed by atoms with E-state index in [1.54, 1.807) is 0 Å². The van der Waals surface area contributed by atoms with Gasteiger partial charge in [0.2, 0.25) is 0 Å². The zero-order valence-corrected chi connectivity index (χ0v) is 50.4. The molecule has 21 rings (SSSR count). The van der Waals surface area contributed by atoms with Gasteiger partial charge in [0, 0.05) is 85.3 Å². The monoisotopic (exact) mass is 1180 g/mol. The molecule has 0 bridgehead atoms. The molecule has 93 heavy (non-hydrogen) atoms. The third kappa shape index (κ3) is 7.05. The molecular weight excluding hydrogens is 1130 g/mol. The van der Waals surface area contributed by atoms with Gasteiger partial charge in [-0.15, -0.1) is 0 Å². The van der Waals surface area contributed by atoms with Gasteiger partial charge in [0.05, 0.1) is 0 Å². The molecule has 15 aromatic carbocycles. The number of fused-ring (bicyclic) bond motifs is 18. The van der Waals surface area contributed by atoms with Gasteiger partial charge < -0.3 is 29.2 Å². The lowest BCUT2D eigenvalue weighted by atomic mass is 9.33. The average molecular weight is 1180 g/mol. The molecule has 0 fully saturated rings. The summed E-state index contributed by atoms with van der Waals surface area (Å²) in [5.74, 6) is 1.77. The van der Waals surface area contributed by atoms with E-state index in [-0.39, 0.29) is 20.1 Å². The van der Waals surface area contributed by atoms with Crippen LogP contribution >= 0.6 is 0 Å². The summed E-state index contributed by atoms with van der Waals surface area (Å²) in [6, 6.07) is 118. The predicted molar refractivity (Wildman–Crippen MR) is 393 cm³/mol. The number of hydrogen-bond donors (Lipinski definition) is 0. The molecule has 9 heteroatoms. The SMILES string of the molecule is c1ccc(N2c3ccccc3B3c4cc5c(cc4Oc4cccc2c43)c2cc3c(cc2c2cc4c(cc52)B2c5ccccc5N(c5ccccc5)c5cccc(c52)N4c2ccccc2)N(c2ccccc2)c2cccc4c2B3c2ccccc2N4c2ccccc2)cc1. The van der Waals surface area contributed by atoms with Crippen molar-refractivity contribution in [2.45, 2.75) is 0 Å². The molecule has 0 saturated carbocycles. The van der Waals surface area contributed by atoms with E-state index in [1.807, 2.05) is 0 Å². The van der Waals surface area contributed by atoms with E-state index < -0.39 is 0 Å². The van der Waals surface area contributed by atoms with Gasteiger partial charge >= 0.3 is 0 Å². The summed E-state index contributed by atoms with van der Waals surface area (Å²) in [6.07, 6.45) is 0. The lowest BCUT2D eigenvalue weighted by Gasteiger charge is -2.44. The second-order valence-corrected chi connectivity index (χ2v) is 25.4. The number of anilines is 15. The minimum atomic E-state index is -0.106. The number of rotatable bonds is 5. The molecule has 6 aliphatic rings. The Balaban J connectivity index is 0.897. The maximum absolute atomic E-state index is 7.48. The minimum Gasteiger partial charge on any atom is -0.458 e. The van der Waals surface area contributed by atoms with Crippen LogP contribution in [0.25, 0.3) is 32.3 Å². The Morgan fingerprint density at radius 2 is 0.452 bits per heavy atom. The zero-order chi connectivity index (χ0) is 60.6. The van der Waals surface area contributed by atoms with Gasteiger partial charge in [-0.25, -0.2) is 0 Å². The van der Waals surface area contributed by atoms with Gasteiger partial charge in [0.15, 0.2) is 0 Å². The van der Waals surface area contributed by atoms with Crippen molar-refractivity contribution in [3.8, 4) is 11.5 Å². The summed E-state index contributed by atoms with van der Waals surface area (Å²) in [5.41, 5.74) is 28.6. The van der Waals surface area contributed by atoms with Crippen molar-refractivity contribution in [2.75, 3.05) is 24.5 Å². The maximum Gasteiger partial charge on any atom is 0.256 e. The van der Waals surface area contributed by atoms with Gasteiger partial charge in [-0.05, 0) is 215 Å². The molecule has 0 amide bonds. The van der Waals surface area contributed by atoms with Crippen molar-refractivity contribution in [3.05, 3.63) is 315 Å². The van der Waals surface area contributed by atoms with Crippen LogP contribution in [0.2, 0.25) is 0 Å². The summed E-state index contributed by atoms with van der Waals surface area (Å²) in [6.45, 7) is -0.287. The van der Waals surface area contributed by atoms with E-state index in [1.165, 1.54) is 122 Å². The summed E-state index contributed by atoms with van der Waals surface area (Å²) in [4.78, 5) is 12.5. The third-order valence-corrected chi connectivity index (χ3v) is 20.8. The van der Waals surface area contributed by atoms with Crippen LogP contribution in [-0.4, -0.2) is 20.1 Å². The maximum atomic E-state index is 7.48. The summed E-state index contributed by atoms with van der Waals surface area (Å²) in [7, 11) is 0. The number of ether oxygens (including phenoxy) is 1. The highest BCUT2D eigenvalue weighted by molar-refractivity contribution is 7.02. The van der Waals surface area contributed by atoms with Gasteiger partial charge in [-0.2, -0.15) is 0 Å². The quantitative estimate of drug-likeness (QED) is 0.126. The molecule has 0 spiro atoms. The van der Waals surface area contributed by atoms with Crippen molar-refractivity contribution in [2.24, 2.45) is 0 Å². The molecule has 0 aromatic heterocycles. The van der Waals surface area contributed by atoms with E-state index >= 15 is 0 Å². The number of benzene rings is 15. The number of para-hydroxylation sites is 8. The molecular formula is C84H52B3N5O. The molecule has 0 radical (unpaired) electrons. The Morgan fingerprint density at radius 3 is 0.828 bits per heavy atom. The third-order valence-electron chi connectivity index (χ3n) is 20.8. The smallest absolute Gasteiger partial charge is 0.256 e. The first-order valence-electron chi connectivity index (χ1n) is 32.3. The van der Waals surface area contributed by atoms with Crippen LogP contribution in [0.3, 0.4) is 0 Å². The molecule has 0 unspecified atom stereocenters. The van der Waals surface area contributed by atoms with Crippen LogP contribution in [0.5, 0.6) is 11.5 Å². The molecule has 0 N–H and O–H groups in total. The van der Waals surface area contributed by atoms with Crippen molar-refractivity contribution in [1.82, 2.24) is 0 Å². The molecule has 0 aliphatic carbocycles. The molecule has 15 aromatic rings. The zero-order valence-electron chi connectivity index (χ0n) is 50.4. The molecule has 6 aliphatic heterocycles. The highest BCUT2D eigenvalue weighted by Crippen LogP contribution is 2.51. The van der Waals surface area contributed by atoms with Crippen LogP contribution in [0.15, 0.2) is 315 Å². The van der Waals surface area contributed by atoms with Gasteiger partial charge in [-0.1, -0.05) is 182 Å². The van der Waals surface area contributed by atoms with Crippen molar-refractivity contribution in [1.29, 1.82) is 0 Å². The second-order valence-electron chi connectivity index (χ2n) is 25.4. The Labute approximate surface area is 539 Å². The van der Waals surface area contributed by atoms with Crippen LogP contribution in [0.1, 0.15) is 0 Å².